The molecule has 3 nitrogen and oxygen atoms in total. The molecule has 0 unspecified atom stereocenters. The van der Waals surface area contributed by atoms with E-state index < -0.39 is 0 Å². The van der Waals surface area contributed by atoms with Gasteiger partial charge in [0.05, 0.1) is 19.6 Å². The monoisotopic (exact) mass is 315 g/mol. The number of rotatable bonds is 6. The maximum atomic E-state index is 12.9. The lowest BCUT2D eigenvalue weighted by Crippen LogP contribution is -2.29. The van der Waals surface area contributed by atoms with Gasteiger partial charge in [-0.2, -0.15) is 0 Å². The molecule has 0 spiro atoms. The summed E-state index contributed by atoms with van der Waals surface area (Å²) in [5, 5.41) is 3.04. The Morgan fingerprint density at radius 2 is 1.91 bits per heavy atom. The average Bonchev–Trinajstić information content (AvgIpc) is 2.54. The number of aryl methyl sites for hydroxylation is 1. The van der Waals surface area contributed by atoms with Crippen LogP contribution in [0.25, 0.3) is 0 Å². The molecule has 1 amide bonds. The summed E-state index contributed by atoms with van der Waals surface area (Å²) in [6.07, 6.45) is 1.03. The molecule has 1 N–H and O–H groups in total. The summed E-state index contributed by atoms with van der Waals surface area (Å²) in [6, 6.07) is 11.9. The number of carbonyl (C=O) groups excluding carboxylic acids is 1. The number of hydrogen-bond donors (Lipinski definition) is 1. The Bertz CT molecular complexity index is 668. The van der Waals surface area contributed by atoms with Crippen LogP contribution >= 0.6 is 0 Å². The summed E-state index contributed by atoms with van der Waals surface area (Å²) in [5.41, 5.74) is 2.89. The van der Waals surface area contributed by atoms with Crippen molar-refractivity contribution < 1.29 is 13.9 Å². The second kappa shape index (κ2) is 7.77. The number of hydrogen-bond acceptors (Lipinski definition) is 2. The molecule has 0 aliphatic heterocycles. The summed E-state index contributed by atoms with van der Waals surface area (Å²) in [4.78, 5) is 12.2. The zero-order valence-corrected chi connectivity index (χ0v) is 13.7. The fraction of sp³-hybridized carbons (Fsp3) is 0.316. The molecular formula is C19H22FNO2. The lowest BCUT2D eigenvalue weighted by atomic mass is 10.0. The molecule has 2 aromatic carbocycles. The second-order valence-electron chi connectivity index (χ2n) is 5.56. The number of benzene rings is 2. The number of methoxy groups -OCH3 is 1. The van der Waals surface area contributed by atoms with E-state index in [1.165, 1.54) is 12.1 Å². The zero-order chi connectivity index (χ0) is 16.8. The van der Waals surface area contributed by atoms with Crippen LogP contribution in [0.15, 0.2) is 42.5 Å². The van der Waals surface area contributed by atoms with Crippen LogP contribution < -0.4 is 10.1 Å². The fourth-order valence-corrected chi connectivity index (χ4v) is 2.57. The molecule has 23 heavy (non-hydrogen) atoms. The van der Waals surface area contributed by atoms with Gasteiger partial charge >= 0.3 is 0 Å². The van der Waals surface area contributed by atoms with Gasteiger partial charge in [-0.25, -0.2) is 4.39 Å². The molecule has 0 aliphatic rings. The average molecular weight is 315 g/mol. The molecule has 4 heteroatoms. The van der Waals surface area contributed by atoms with E-state index >= 15 is 0 Å². The first-order valence-corrected chi connectivity index (χ1v) is 7.71. The number of halogens is 1. The second-order valence-corrected chi connectivity index (χ2v) is 5.56. The molecular weight excluding hydrogens is 293 g/mol. The Morgan fingerprint density at radius 3 is 2.48 bits per heavy atom. The summed E-state index contributed by atoms with van der Waals surface area (Å²) < 4.78 is 18.2. The van der Waals surface area contributed by atoms with E-state index in [0.29, 0.717) is 0 Å². The quantitative estimate of drug-likeness (QED) is 0.876. The van der Waals surface area contributed by atoms with E-state index in [2.05, 4.69) is 5.32 Å². The number of amides is 1. The van der Waals surface area contributed by atoms with Gasteiger partial charge in [-0.1, -0.05) is 31.2 Å². The maximum absolute atomic E-state index is 12.9. The van der Waals surface area contributed by atoms with Gasteiger partial charge in [0.2, 0.25) is 5.91 Å². The van der Waals surface area contributed by atoms with Gasteiger partial charge < -0.3 is 10.1 Å². The van der Waals surface area contributed by atoms with Crippen LogP contribution in [0.1, 0.15) is 36.1 Å². The number of ether oxygens (including phenoxy) is 1. The van der Waals surface area contributed by atoms with E-state index in [4.69, 9.17) is 4.74 Å². The van der Waals surface area contributed by atoms with Crippen LogP contribution in [-0.4, -0.2) is 13.0 Å². The molecule has 2 rings (SSSR count). The highest BCUT2D eigenvalue weighted by Gasteiger charge is 2.14. The number of nitrogens with one attached hydrogen (secondary N) is 1. The standard InChI is InChI=1S/C19H22FNO2/c1-4-17(15-7-10-18(23-3)13(2)11-15)21-19(22)12-14-5-8-16(20)9-6-14/h5-11,17H,4,12H2,1-3H3,(H,21,22)/t17-/m0/s1. The van der Waals surface area contributed by atoms with Gasteiger partial charge in [0.25, 0.3) is 0 Å². The van der Waals surface area contributed by atoms with Gasteiger partial charge in [0.15, 0.2) is 0 Å². The first-order valence-electron chi connectivity index (χ1n) is 7.71. The van der Waals surface area contributed by atoms with E-state index in [1.54, 1.807) is 19.2 Å². The Morgan fingerprint density at radius 1 is 1.22 bits per heavy atom. The van der Waals surface area contributed by atoms with Crippen LogP contribution in [0.2, 0.25) is 0 Å². The molecule has 0 aromatic heterocycles. The molecule has 0 saturated heterocycles. The van der Waals surface area contributed by atoms with Gasteiger partial charge in [-0.05, 0) is 48.2 Å². The first-order chi connectivity index (χ1) is 11.0. The molecule has 0 fully saturated rings. The topological polar surface area (TPSA) is 38.3 Å². The highest BCUT2D eigenvalue weighted by molar-refractivity contribution is 5.79. The van der Waals surface area contributed by atoms with Gasteiger partial charge in [-0.15, -0.1) is 0 Å². The van der Waals surface area contributed by atoms with Gasteiger partial charge in [-0.3, -0.25) is 4.79 Å². The Labute approximate surface area is 136 Å². The highest BCUT2D eigenvalue weighted by atomic mass is 19.1. The van der Waals surface area contributed by atoms with Crippen molar-refractivity contribution in [3.8, 4) is 5.75 Å². The molecule has 0 aliphatic carbocycles. The third-order valence-electron chi connectivity index (χ3n) is 3.84. The predicted octanol–water partition coefficient (Wildman–Crippen LogP) is 3.95. The summed E-state index contributed by atoms with van der Waals surface area (Å²) >= 11 is 0. The van der Waals surface area contributed by atoms with Crippen LogP contribution in [0.4, 0.5) is 4.39 Å². The molecule has 0 saturated carbocycles. The molecule has 0 bridgehead atoms. The third-order valence-corrected chi connectivity index (χ3v) is 3.84. The summed E-state index contributed by atoms with van der Waals surface area (Å²) in [7, 11) is 1.64. The molecule has 0 radical (unpaired) electrons. The van der Waals surface area contributed by atoms with Crippen molar-refractivity contribution in [2.75, 3.05) is 7.11 Å². The molecule has 0 heterocycles. The zero-order valence-electron chi connectivity index (χ0n) is 13.7. The van der Waals surface area contributed by atoms with Crippen molar-refractivity contribution in [3.63, 3.8) is 0 Å². The van der Waals surface area contributed by atoms with Crippen molar-refractivity contribution in [2.24, 2.45) is 0 Å². The largest absolute Gasteiger partial charge is 0.496 e. The minimum atomic E-state index is -0.297. The van der Waals surface area contributed by atoms with Crippen LogP contribution in [0.3, 0.4) is 0 Å². The Hall–Kier alpha value is -2.36. The summed E-state index contributed by atoms with van der Waals surface area (Å²) in [6.45, 7) is 4.01. The third kappa shape index (κ3) is 4.55. The van der Waals surface area contributed by atoms with Crippen molar-refractivity contribution in [1.29, 1.82) is 0 Å². The minimum Gasteiger partial charge on any atom is -0.496 e. The van der Waals surface area contributed by atoms with Crippen LogP contribution in [0, 0.1) is 12.7 Å². The number of carbonyl (C=O) groups is 1. The lowest BCUT2D eigenvalue weighted by Gasteiger charge is -2.19. The molecule has 2 aromatic rings. The van der Waals surface area contributed by atoms with Crippen LogP contribution in [-0.2, 0) is 11.2 Å². The lowest BCUT2D eigenvalue weighted by molar-refractivity contribution is -0.121. The minimum absolute atomic E-state index is 0.0486. The normalized spacial score (nSPS) is 11.8. The summed E-state index contributed by atoms with van der Waals surface area (Å²) in [5.74, 6) is 0.465. The van der Waals surface area contributed by atoms with E-state index in [9.17, 15) is 9.18 Å². The molecule has 1 atom stereocenters. The van der Waals surface area contributed by atoms with Crippen molar-refractivity contribution in [1.82, 2.24) is 5.32 Å². The van der Waals surface area contributed by atoms with Crippen LogP contribution in [0.5, 0.6) is 5.75 Å². The van der Waals surface area contributed by atoms with Crippen molar-refractivity contribution >= 4 is 5.91 Å². The Kier molecular flexibility index (Phi) is 5.74. The maximum Gasteiger partial charge on any atom is 0.224 e. The van der Waals surface area contributed by atoms with Gasteiger partial charge in [0.1, 0.15) is 11.6 Å². The van der Waals surface area contributed by atoms with Gasteiger partial charge in [0, 0.05) is 0 Å². The van der Waals surface area contributed by atoms with E-state index in [-0.39, 0.29) is 24.2 Å². The SMILES string of the molecule is CC[C@H](NC(=O)Cc1ccc(F)cc1)c1ccc(OC)c(C)c1. The fourth-order valence-electron chi connectivity index (χ4n) is 2.57. The smallest absolute Gasteiger partial charge is 0.224 e. The molecule has 122 valence electrons. The van der Waals surface area contributed by atoms with Crippen molar-refractivity contribution in [2.45, 2.75) is 32.7 Å². The Balaban J connectivity index is 2.05. The predicted molar refractivity (Wildman–Crippen MR) is 89.0 cm³/mol. The highest BCUT2D eigenvalue weighted by Crippen LogP contribution is 2.24. The first kappa shape index (κ1) is 17.0. The van der Waals surface area contributed by atoms with Crippen molar-refractivity contribution in [3.05, 3.63) is 65.0 Å². The van der Waals surface area contributed by atoms with E-state index in [0.717, 1.165) is 28.9 Å². The van der Waals surface area contributed by atoms with E-state index in [1.807, 2.05) is 32.0 Å².